The fraction of sp³-hybridized carbons (Fsp3) is 0.400. The van der Waals surface area contributed by atoms with E-state index in [9.17, 15) is 10.1 Å². The van der Waals surface area contributed by atoms with Crippen molar-refractivity contribution in [3.63, 3.8) is 0 Å². The highest BCUT2D eigenvalue weighted by Gasteiger charge is 2.32. The zero-order valence-corrected chi connectivity index (χ0v) is 22.0. The number of methoxy groups -OCH3 is 1. The number of rotatable bonds is 10. The Bertz CT molecular complexity index is 1280. The lowest BCUT2D eigenvalue weighted by molar-refractivity contribution is 0.0129. The molecule has 0 saturated carbocycles. The van der Waals surface area contributed by atoms with Gasteiger partial charge in [-0.15, -0.1) is 0 Å². The quantitative estimate of drug-likeness (QED) is 0.431. The Hall–Kier alpha value is -3.60. The molecule has 1 amide bonds. The van der Waals surface area contributed by atoms with Gasteiger partial charge < -0.3 is 24.4 Å². The Morgan fingerprint density at radius 1 is 1.08 bits per heavy atom. The van der Waals surface area contributed by atoms with Crippen LogP contribution in [0.1, 0.15) is 42.3 Å². The van der Waals surface area contributed by atoms with Crippen LogP contribution in [0.15, 0.2) is 54.6 Å². The summed E-state index contributed by atoms with van der Waals surface area (Å²) >= 11 is 0. The molecule has 1 unspecified atom stereocenters. The normalized spacial score (nSPS) is 17.1. The van der Waals surface area contributed by atoms with Crippen LogP contribution in [-0.2, 0) is 11.3 Å². The molecule has 0 aliphatic carbocycles. The summed E-state index contributed by atoms with van der Waals surface area (Å²) in [4.78, 5) is 15.4. The molecule has 1 aliphatic rings. The van der Waals surface area contributed by atoms with Gasteiger partial charge in [0.1, 0.15) is 0 Å². The second kappa shape index (κ2) is 12.1. The highest BCUT2D eigenvalue weighted by Crippen LogP contribution is 2.29. The van der Waals surface area contributed by atoms with Gasteiger partial charge in [-0.3, -0.25) is 4.79 Å². The molecular weight excluding hydrogens is 466 g/mol. The van der Waals surface area contributed by atoms with E-state index in [0.717, 1.165) is 29.4 Å². The third-order valence-corrected chi connectivity index (χ3v) is 6.80. The van der Waals surface area contributed by atoms with Crippen LogP contribution in [0.4, 0.5) is 0 Å². The molecule has 1 N–H and O–H groups in total. The Kier molecular flexibility index (Phi) is 8.65. The molecule has 1 heterocycles. The fourth-order valence-electron chi connectivity index (χ4n) is 4.77. The summed E-state index contributed by atoms with van der Waals surface area (Å²) in [5.74, 6) is 1.31. The molecule has 1 aliphatic heterocycles. The van der Waals surface area contributed by atoms with E-state index in [1.54, 1.807) is 25.3 Å². The number of fused-ring (bicyclic) bond motifs is 1. The van der Waals surface area contributed by atoms with Gasteiger partial charge >= 0.3 is 0 Å². The number of carbonyl (C=O) groups excluding carboxylic acids is 1. The van der Waals surface area contributed by atoms with Gasteiger partial charge in [0.15, 0.2) is 11.5 Å². The molecule has 0 bridgehead atoms. The maximum absolute atomic E-state index is 13.5. The second-order valence-electron chi connectivity index (χ2n) is 9.63. The van der Waals surface area contributed by atoms with E-state index in [1.807, 2.05) is 43.9 Å². The molecular formula is C30H35N3O4. The minimum Gasteiger partial charge on any atom is -0.493 e. The standard InChI is InChI=1S/C30H35N3O4/c1-5-36-28-14-24(10-11-27(28)35-4)30(34)33(20(2)3)18-26-16-32-17-29(26)37-19-22-7-9-23-8-6-21(15-31)12-25(23)13-22/h6-14,20,26,29,32H,5,16-19H2,1-4H3/t26-,29?/m0/s1. The first-order valence-corrected chi connectivity index (χ1v) is 12.8. The molecule has 0 radical (unpaired) electrons. The molecule has 0 spiro atoms. The molecule has 2 atom stereocenters. The van der Waals surface area contributed by atoms with Gasteiger partial charge in [0.25, 0.3) is 5.91 Å². The van der Waals surface area contributed by atoms with Gasteiger partial charge in [0.2, 0.25) is 0 Å². The van der Waals surface area contributed by atoms with Crippen molar-refractivity contribution in [1.29, 1.82) is 5.26 Å². The fourth-order valence-corrected chi connectivity index (χ4v) is 4.77. The third-order valence-electron chi connectivity index (χ3n) is 6.80. The molecule has 4 rings (SSSR count). The lowest BCUT2D eigenvalue weighted by Gasteiger charge is -2.31. The van der Waals surface area contributed by atoms with Crippen molar-refractivity contribution in [2.45, 2.75) is 39.5 Å². The van der Waals surface area contributed by atoms with E-state index in [0.29, 0.717) is 42.4 Å². The summed E-state index contributed by atoms with van der Waals surface area (Å²) in [6.45, 7) is 9.07. The van der Waals surface area contributed by atoms with Crippen molar-refractivity contribution in [3.8, 4) is 17.6 Å². The topological polar surface area (TPSA) is 83.8 Å². The van der Waals surface area contributed by atoms with E-state index in [1.165, 1.54) is 0 Å². The summed E-state index contributed by atoms with van der Waals surface area (Å²) in [6.07, 6.45) is -0.00922. The van der Waals surface area contributed by atoms with E-state index in [4.69, 9.17) is 14.2 Å². The van der Waals surface area contributed by atoms with E-state index >= 15 is 0 Å². The first-order chi connectivity index (χ1) is 17.9. The summed E-state index contributed by atoms with van der Waals surface area (Å²) in [6, 6.07) is 19.5. The zero-order chi connectivity index (χ0) is 26.4. The molecule has 7 heteroatoms. The molecule has 194 valence electrons. The van der Waals surface area contributed by atoms with Crippen LogP contribution in [0.2, 0.25) is 0 Å². The lowest BCUT2D eigenvalue weighted by Crippen LogP contribution is -2.43. The van der Waals surface area contributed by atoms with E-state index in [2.05, 4.69) is 29.6 Å². The molecule has 7 nitrogen and oxygen atoms in total. The van der Waals surface area contributed by atoms with Crippen LogP contribution in [0.25, 0.3) is 10.8 Å². The van der Waals surface area contributed by atoms with Crippen LogP contribution >= 0.6 is 0 Å². The van der Waals surface area contributed by atoms with Crippen molar-refractivity contribution < 1.29 is 19.0 Å². The van der Waals surface area contributed by atoms with Crippen LogP contribution in [0.3, 0.4) is 0 Å². The number of ether oxygens (including phenoxy) is 3. The van der Waals surface area contributed by atoms with Crippen molar-refractivity contribution >= 4 is 16.7 Å². The Morgan fingerprint density at radius 3 is 2.62 bits per heavy atom. The van der Waals surface area contributed by atoms with Gasteiger partial charge in [-0.1, -0.05) is 18.2 Å². The van der Waals surface area contributed by atoms with Crippen molar-refractivity contribution in [2.75, 3.05) is 33.4 Å². The van der Waals surface area contributed by atoms with E-state index in [-0.39, 0.29) is 24.0 Å². The minimum atomic E-state index is -0.0351. The average Bonchev–Trinajstić information content (AvgIpc) is 3.36. The largest absolute Gasteiger partial charge is 0.493 e. The number of carbonyl (C=O) groups is 1. The van der Waals surface area contributed by atoms with Gasteiger partial charge in [0, 0.05) is 37.2 Å². The predicted molar refractivity (Wildman–Crippen MR) is 144 cm³/mol. The molecule has 3 aromatic carbocycles. The summed E-state index contributed by atoms with van der Waals surface area (Å²) in [5.41, 5.74) is 2.29. The van der Waals surface area contributed by atoms with Crippen LogP contribution < -0.4 is 14.8 Å². The lowest BCUT2D eigenvalue weighted by atomic mass is 10.0. The summed E-state index contributed by atoms with van der Waals surface area (Å²) < 4.78 is 17.4. The van der Waals surface area contributed by atoms with Crippen LogP contribution in [0, 0.1) is 17.2 Å². The smallest absolute Gasteiger partial charge is 0.254 e. The molecule has 37 heavy (non-hydrogen) atoms. The maximum atomic E-state index is 13.5. The number of hydrogen-bond donors (Lipinski definition) is 1. The van der Waals surface area contributed by atoms with Crippen LogP contribution in [0.5, 0.6) is 11.5 Å². The monoisotopic (exact) mass is 501 g/mol. The number of hydrogen-bond acceptors (Lipinski definition) is 6. The average molecular weight is 502 g/mol. The van der Waals surface area contributed by atoms with Crippen LogP contribution in [-0.4, -0.2) is 56.3 Å². The Balaban J connectivity index is 1.44. The van der Waals surface area contributed by atoms with Crippen molar-refractivity contribution in [1.82, 2.24) is 10.2 Å². The van der Waals surface area contributed by atoms with Gasteiger partial charge in [0.05, 0.1) is 38.1 Å². The van der Waals surface area contributed by atoms with Gasteiger partial charge in [-0.25, -0.2) is 0 Å². The first kappa shape index (κ1) is 26.5. The molecule has 1 saturated heterocycles. The molecule has 0 aromatic heterocycles. The minimum absolute atomic E-state index is 0.00922. The molecule has 1 fully saturated rings. The number of nitriles is 1. The first-order valence-electron chi connectivity index (χ1n) is 12.8. The highest BCUT2D eigenvalue weighted by atomic mass is 16.5. The number of amides is 1. The van der Waals surface area contributed by atoms with Crippen molar-refractivity contribution in [2.24, 2.45) is 5.92 Å². The van der Waals surface area contributed by atoms with Gasteiger partial charge in [-0.2, -0.15) is 5.26 Å². The highest BCUT2D eigenvalue weighted by molar-refractivity contribution is 5.95. The summed E-state index contributed by atoms with van der Waals surface area (Å²) in [7, 11) is 1.59. The Morgan fingerprint density at radius 2 is 1.89 bits per heavy atom. The molecule has 3 aromatic rings. The summed E-state index contributed by atoms with van der Waals surface area (Å²) in [5, 5.41) is 14.8. The second-order valence-corrected chi connectivity index (χ2v) is 9.63. The predicted octanol–water partition coefficient (Wildman–Crippen LogP) is 4.77. The number of nitrogens with one attached hydrogen (secondary N) is 1. The van der Waals surface area contributed by atoms with Gasteiger partial charge in [-0.05, 0) is 73.5 Å². The Labute approximate surface area is 218 Å². The van der Waals surface area contributed by atoms with E-state index < -0.39 is 0 Å². The maximum Gasteiger partial charge on any atom is 0.254 e. The number of nitrogens with zero attached hydrogens (tertiary/aromatic N) is 2. The number of benzene rings is 3. The van der Waals surface area contributed by atoms with Crippen molar-refractivity contribution in [3.05, 3.63) is 71.3 Å². The zero-order valence-electron chi connectivity index (χ0n) is 22.0. The SMILES string of the molecule is CCOc1cc(C(=O)N(C[C@@H]2CNCC2OCc2ccc3ccc(C#N)cc3c2)C(C)C)ccc1OC. The third kappa shape index (κ3) is 6.22.